The number of hydrogen-bond donors (Lipinski definition) is 1. The fraction of sp³-hybridized carbons (Fsp3) is 0. The maximum Gasteiger partial charge on any atom is 0.214 e. The number of aromatic nitrogens is 2. The highest BCUT2D eigenvalue weighted by Gasteiger charge is 2.07. The molecule has 0 fully saturated rings. The summed E-state index contributed by atoms with van der Waals surface area (Å²) in [5.41, 5.74) is 9.81. The van der Waals surface area contributed by atoms with Gasteiger partial charge in [-0.3, -0.25) is 0 Å². The molecule has 2 rings (SSSR count). The summed E-state index contributed by atoms with van der Waals surface area (Å²) in [6, 6.07) is 6.15. The molecule has 0 aliphatic heterocycles. The van der Waals surface area contributed by atoms with Crippen LogP contribution >= 0.6 is 11.6 Å². The van der Waals surface area contributed by atoms with E-state index in [0.717, 1.165) is 0 Å². The summed E-state index contributed by atoms with van der Waals surface area (Å²) in [5, 5.41) is 13.3. The van der Waals surface area contributed by atoms with E-state index in [9.17, 15) is 5.11 Å². The van der Waals surface area contributed by atoms with E-state index in [4.69, 9.17) is 17.1 Å². The van der Waals surface area contributed by atoms with Gasteiger partial charge in [0.25, 0.3) is 0 Å². The quantitative estimate of drug-likeness (QED) is 0.500. The molecule has 2 aromatic rings. The van der Waals surface area contributed by atoms with Crippen molar-refractivity contribution in [3.8, 4) is 17.1 Å². The molecule has 6 nitrogen and oxygen atoms in total. The van der Waals surface area contributed by atoms with Gasteiger partial charge in [0.1, 0.15) is 6.33 Å². The Balaban J connectivity index is 2.64. The van der Waals surface area contributed by atoms with Crippen molar-refractivity contribution in [2.75, 3.05) is 0 Å². The van der Waals surface area contributed by atoms with Gasteiger partial charge in [-0.15, -0.1) is 0 Å². The SMILES string of the molecule is [N-]=[N+]=Nc1ccc(Cl)cc1-c1cc(O)ncn1. The largest absolute Gasteiger partial charge is 0.493 e. The zero-order chi connectivity index (χ0) is 12.3. The summed E-state index contributed by atoms with van der Waals surface area (Å²) in [6.45, 7) is 0. The minimum absolute atomic E-state index is 0.165. The Morgan fingerprint density at radius 3 is 2.82 bits per heavy atom. The third-order valence-corrected chi connectivity index (χ3v) is 2.27. The van der Waals surface area contributed by atoms with Crippen LogP contribution in [0.1, 0.15) is 0 Å². The summed E-state index contributed by atoms with van der Waals surface area (Å²) in [5.74, 6) is -0.165. The fourth-order valence-electron chi connectivity index (χ4n) is 1.34. The van der Waals surface area contributed by atoms with Crippen LogP contribution in [0.4, 0.5) is 5.69 Å². The highest BCUT2D eigenvalue weighted by Crippen LogP contribution is 2.32. The number of benzene rings is 1. The van der Waals surface area contributed by atoms with Crippen LogP contribution < -0.4 is 0 Å². The normalized spacial score (nSPS) is 9.71. The van der Waals surface area contributed by atoms with Gasteiger partial charge >= 0.3 is 0 Å². The van der Waals surface area contributed by atoms with E-state index in [-0.39, 0.29) is 5.88 Å². The number of halogens is 1. The Hall–Kier alpha value is -2.30. The van der Waals surface area contributed by atoms with E-state index in [1.165, 1.54) is 12.4 Å². The van der Waals surface area contributed by atoms with Crippen molar-refractivity contribution in [1.29, 1.82) is 0 Å². The molecule has 0 saturated carbocycles. The maximum absolute atomic E-state index is 9.28. The van der Waals surface area contributed by atoms with Crippen LogP contribution in [-0.4, -0.2) is 15.1 Å². The van der Waals surface area contributed by atoms with Crippen LogP contribution in [0, 0.1) is 0 Å². The molecule has 0 bridgehead atoms. The molecule has 0 saturated heterocycles. The molecule has 0 aliphatic rings. The fourth-order valence-corrected chi connectivity index (χ4v) is 1.52. The summed E-state index contributed by atoms with van der Waals surface area (Å²) in [7, 11) is 0. The molecule has 0 amide bonds. The second kappa shape index (κ2) is 4.69. The van der Waals surface area contributed by atoms with Crippen LogP contribution in [0.15, 0.2) is 35.7 Å². The summed E-state index contributed by atoms with van der Waals surface area (Å²) < 4.78 is 0. The summed E-state index contributed by atoms with van der Waals surface area (Å²) >= 11 is 5.87. The first-order chi connectivity index (χ1) is 8.20. The number of aromatic hydroxyl groups is 1. The first-order valence-corrected chi connectivity index (χ1v) is 4.94. The molecule has 0 atom stereocenters. The Morgan fingerprint density at radius 2 is 2.12 bits per heavy atom. The van der Waals surface area contributed by atoms with Gasteiger partial charge in [0.15, 0.2) is 0 Å². The van der Waals surface area contributed by atoms with Crippen LogP contribution in [0.3, 0.4) is 0 Å². The lowest BCUT2D eigenvalue weighted by atomic mass is 10.1. The average Bonchev–Trinajstić information content (AvgIpc) is 2.32. The number of azide groups is 1. The van der Waals surface area contributed by atoms with Gasteiger partial charge in [0.2, 0.25) is 5.88 Å². The van der Waals surface area contributed by atoms with Gasteiger partial charge in [-0.25, -0.2) is 9.97 Å². The van der Waals surface area contributed by atoms with Gasteiger partial charge in [-0.05, 0) is 17.7 Å². The molecule has 0 aliphatic carbocycles. The first-order valence-electron chi connectivity index (χ1n) is 4.57. The predicted molar refractivity (Wildman–Crippen MR) is 62.9 cm³/mol. The topological polar surface area (TPSA) is 94.8 Å². The van der Waals surface area contributed by atoms with Gasteiger partial charge < -0.3 is 5.11 Å². The van der Waals surface area contributed by atoms with Crippen molar-refractivity contribution in [2.45, 2.75) is 0 Å². The molecule has 0 spiro atoms. The molecule has 0 unspecified atom stereocenters. The second-order valence-electron chi connectivity index (χ2n) is 3.11. The van der Waals surface area contributed by atoms with Crippen molar-refractivity contribution in [3.63, 3.8) is 0 Å². The average molecular weight is 248 g/mol. The lowest BCUT2D eigenvalue weighted by molar-refractivity contribution is 0.452. The molecular weight excluding hydrogens is 242 g/mol. The van der Waals surface area contributed by atoms with Gasteiger partial charge in [0, 0.05) is 27.3 Å². The monoisotopic (exact) mass is 247 g/mol. The first kappa shape index (κ1) is 11.2. The van der Waals surface area contributed by atoms with Gasteiger partial charge in [0.05, 0.1) is 5.69 Å². The van der Waals surface area contributed by atoms with Crippen LogP contribution in [0.5, 0.6) is 5.88 Å². The van der Waals surface area contributed by atoms with E-state index >= 15 is 0 Å². The minimum Gasteiger partial charge on any atom is -0.493 e. The lowest BCUT2D eigenvalue weighted by Crippen LogP contribution is -1.85. The standard InChI is InChI=1S/C10H6ClN5O/c11-6-1-2-8(15-16-12)7(3-6)9-4-10(17)14-5-13-9/h1-5H,(H,13,14,17). The zero-order valence-corrected chi connectivity index (χ0v) is 9.20. The Bertz CT molecular complexity index is 609. The van der Waals surface area contributed by atoms with E-state index in [1.807, 2.05) is 0 Å². The van der Waals surface area contributed by atoms with Crippen LogP contribution in [0.25, 0.3) is 21.7 Å². The molecule has 1 heterocycles. The Labute approximate surface area is 101 Å². The van der Waals surface area contributed by atoms with E-state index in [0.29, 0.717) is 22.0 Å². The molecule has 17 heavy (non-hydrogen) atoms. The molecule has 7 heteroatoms. The van der Waals surface area contributed by atoms with E-state index in [2.05, 4.69) is 20.0 Å². The molecular formula is C10H6ClN5O. The van der Waals surface area contributed by atoms with Crippen molar-refractivity contribution >= 4 is 17.3 Å². The number of hydrogen-bond acceptors (Lipinski definition) is 4. The predicted octanol–water partition coefficient (Wildman–Crippen LogP) is 3.44. The van der Waals surface area contributed by atoms with Crippen LogP contribution in [-0.2, 0) is 0 Å². The Kier molecular flexibility index (Phi) is 3.09. The van der Waals surface area contributed by atoms with Crippen molar-refractivity contribution in [2.24, 2.45) is 5.11 Å². The molecule has 84 valence electrons. The third kappa shape index (κ3) is 2.44. The summed E-state index contributed by atoms with van der Waals surface area (Å²) in [4.78, 5) is 10.3. The highest BCUT2D eigenvalue weighted by atomic mass is 35.5. The van der Waals surface area contributed by atoms with E-state index < -0.39 is 0 Å². The maximum atomic E-state index is 9.28. The smallest absolute Gasteiger partial charge is 0.214 e. The second-order valence-corrected chi connectivity index (χ2v) is 3.55. The molecule has 1 aromatic heterocycles. The summed E-state index contributed by atoms with van der Waals surface area (Å²) in [6.07, 6.45) is 1.21. The molecule has 0 radical (unpaired) electrons. The van der Waals surface area contributed by atoms with Crippen LogP contribution in [0.2, 0.25) is 5.02 Å². The molecule has 1 aromatic carbocycles. The van der Waals surface area contributed by atoms with Crippen molar-refractivity contribution in [3.05, 3.63) is 46.1 Å². The van der Waals surface area contributed by atoms with Crippen molar-refractivity contribution in [1.82, 2.24) is 9.97 Å². The van der Waals surface area contributed by atoms with Crippen molar-refractivity contribution < 1.29 is 5.11 Å². The number of rotatable bonds is 2. The highest BCUT2D eigenvalue weighted by molar-refractivity contribution is 6.31. The molecule has 1 N–H and O–H groups in total. The zero-order valence-electron chi connectivity index (χ0n) is 8.45. The van der Waals surface area contributed by atoms with E-state index in [1.54, 1.807) is 18.2 Å². The lowest BCUT2D eigenvalue weighted by Gasteiger charge is -2.05. The number of nitrogens with zero attached hydrogens (tertiary/aromatic N) is 5. The van der Waals surface area contributed by atoms with Gasteiger partial charge in [-0.1, -0.05) is 22.8 Å². The Morgan fingerprint density at radius 1 is 1.29 bits per heavy atom. The third-order valence-electron chi connectivity index (χ3n) is 2.04. The minimum atomic E-state index is -0.165. The van der Waals surface area contributed by atoms with Gasteiger partial charge in [-0.2, -0.15) is 0 Å².